The van der Waals surface area contributed by atoms with Crippen molar-refractivity contribution in [3.8, 4) is 0 Å². The third-order valence-electron chi connectivity index (χ3n) is 0.984. The molecule has 0 amide bonds. The van der Waals surface area contributed by atoms with Crippen LogP contribution in [0.2, 0.25) is 0 Å². The summed E-state index contributed by atoms with van der Waals surface area (Å²) in [5.74, 6) is -3.60. The van der Waals surface area contributed by atoms with E-state index < -0.39 is 33.7 Å². The van der Waals surface area contributed by atoms with Crippen LogP contribution in [0.25, 0.3) is 0 Å². The van der Waals surface area contributed by atoms with E-state index in [2.05, 4.69) is 0 Å². The van der Waals surface area contributed by atoms with Crippen molar-refractivity contribution in [3.05, 3.63) is 0 Å². The number of carboxylic acids is 2. The largest absolute Gasteiger partial charge is 0.747 e. The van der Waals surface area contributed by atoms with Gasteiger partial charge in [0.1, 0.15) is 10.1 Å². The minimum absolute atomic E-state index is 1.22. The van der Waals surface area contributed by atoms with E-state index in [0.29, 0.717) is 0 Å². The smallest absolute Gasteiger partial charge is 0.321 e. The molecule has 2 N–H and O–H groups in total. The van der Waals surface area contributed by atoms with Gasteiger partial charge in [0.05, 0.1) is 6.42 Å². The van der Waals surface area contributed by atoms with Crippen molar-refractivity contribution >= 4 is 22.1 Å². The fourth-order valence-corrected chi connectivity index (χ4v) is 1.07. The van der Waals surface area contributed by atoms with Crippen LogP contribution < -0.4 is 0 Å². The topological polar surface area (TPSA) is 132 Å². The minimum Gasteiger partial charge on any atom is -0.747 e. The third-order valence-corrected chi connectivity index (χ3v) is 2.05. The lowest BCUT2D eigenvalue weighted by molar-refractivity contribution is -0.143. The van der Waals surface area contributed by atoms with Crippen LogP contribution in [-0.2, 0) is 19.7 Å². The number of hydrogen-bond donors (Lipinski definition) is 2. The fraction of sp³-hybridized carbons (Fsp3) is 0.500. The first-order chi connectivity index (χ1) is 5.25. The summed E-state index contributed by atoms with van der Waals surface area (Å²) >= 11 is 0. The van der Waals surface area contributed by atoms with E-state index in [0.717, 1.165) is 0 Å². The van der Waals surface area contributed by atoms with Crippen LogP contribution in [-0.4, -0.2) is 40.4 Å². The van der Waals surface area contributed by atoms with Gasteiger partial charge in [-0.1, -0.05) is 0 Å². The van der Waals surface area contributed by atoms with Gasteiger partial charge in [-0.2, -0.15) is 0 Å². The summed E-state index contributed by atoms with van der Waals surface area (Å²) in [7, 11) is -5.09. The molecule has 12 heavy (non-hydrogen) atoms. The van der Waals surface area contributed by atoms with E-state index in [1.807, 2.05) is 0 Å². The average Bonchev–Trinajstić information content (AvgIpc) is 1.79. The average molecular weight is 197 g/mol. The quantitative estimate of drug-likeness (QED) is 0.522. The second-order valence-corrected chi connectivity index (χ2v) is 3.47. The van der Waals surface area contributed by atoms with Gasteiger partial charge in [-0.15, -0.1) is 0 Å². The predicted octanol–water partition coefficient (Wildman–Crippen LogP) is -1.54. The minimum atomic E-state index is -5.09. The molecule has 0 bridgehead atoms. The lowest BCUT2D eigenvalue weighted by atomic mass is 10.3. The van der Waals surface area contributed by atoms with Crippen molar-refractivity contribution in [1.82, 2.24) is 0 Å². The van der Waals surface area contributed by atoms with E-state index >= 15 is 0 Å². The Morgan fingerprint density at radius 2 is 1.75 bits per heavy atom. The van der Waals surface area contributed by atoms with Gasteiger partial charge in [0.2, 0.25) is 0 Å². The lowest BCUT2D eigenvalue weighted by Gasteiger charge is -2.13. The molecule has 0 aromatic heterocycles. The summed E-state index contributed by atoms with van der Waals surface area (Å²) in [6, 6.07) is 0. The first kappa shape index (κ1) is 10.8. The first-order valence-corrected chi connectivity index (χ1v) is 4.11. The van der Waals surface area contributed by atoms with Crippen molar-refractivity contribution in [2.24, 2.45) is 0 Å². The Morgan fingerprint density at radius 3 is 1.83 bits per heavy atom. The highest BCUT2D eigenvalue weighted by atomic mass is 32.2. The molecular weight excluding hydrogens is 192 g/mol. The molecule has 8 heteroatoms. The Balaban J connectivity index is 4.70. The molecule has 70 valence electrons. The number of aliphatic carboxylic acids is 2. The van der Waals surface area contributed by atoms with Crippen LogP contribution in [0.3, 0.4) is 0 Å². The zero-order chi connectivity index (χ0) is 9.94. The normalized spacial score (nSPS) is 13.8. The van der Waals surface area contributed by atoms with E-state index in [1.54, 1.807) is 0 Å². The SMILES string of the molecule is O=C(O)CC(C(=O)O)S(=O)(=O)[O-]. The maximum Gasteiger partial charge on any atom is 0.321 e. The molecule has 7 nitrogen and oxygen atoms in total. The van der Waals surface area contributed by atoms with Crippen LogP contribution in [0.1, 0.15) is 6.42 Å². The highest BCUT2D eigenvalue weighted by Gasteiger charge is 2.27. The third kappa shape index (κ3) is 3.30. The summed E-state index contributed by atoms with van der Waals surface area (Å²) in [6.07, 6.45) is -1.22. The molecule has 0 aliphatic rings. The second-order valence-electron chi connectivity index (χ2n) is 1.92. The van der Waals surface area contributed by atoms with Crippen molar-refractivity contribution in [2.75, 3.05) is 0 Å². The molecule has 1 unspecified atom stereocenters. The fourth-order valence-electron chi connectivity index (χ4n) is 0.471. The number of carboxylic acid groups (broad SMARTS) is 2. The molecule has 0 aromatic carbocycles. The lowest BCUT2D eigenvalue weighted by Crippen LogP contribution is -2.32. The molecule has 0 rings (SSSR count). The zero-order valence-corrected chi connectivity index (χ0v) is 6.44. The van der Waals surface area contributed by atoms with E-state index in [1.165, 1.54) is 0 Å². The molecule has 0 radical (unpaired) electrons. The van der Waals surface area contributed by atoms with Gasteiger partial charge in [0.25, 0.3) is 0 Å². The predicted molar refractivity (Wildman–Crippen MR) is 33.4 cm³/mol. The Morgan fingerprint density at radius 1 is 1.33 bits per heavy atom. The van der Waals surface area contributed by atoms with Gasteiger partial charge in [-0.05, 0) is 0 Å². The molecule has 0 aromatic rings. The van der Waals surface area contributed by atoms with Crippen LogP contribution in [0, 0.1) is 0 Å². The van der Waals surface area contributed by atoms with Gasteiger partial charge in [-0.25, -0.2) is 8.42 Å². The molecule has 0 heterocycles. The summed E-state index contributed by atoms with van der Waals surface area (Å²) in [5, 5.41) is 13.7. The van der Waals surface area contributed by atoms with E-state index in [-0.39, 0.29) is 0 Å². The van der Waals surface area contributed by atoms with Crippen molar-refractivity contribution in [1.29, 1.82) is 0 Å². The van der Waals surface area contributed by atoms with Crippen LogP contribution >= 0.6 is 0 Å². The molecule has 1 atom stereocenters. The highest BCUT2D eigenvalue weighted by Crippen LogP contribution is 2.03. The highest BCUT2D eigenvalue weighted by molar-refractivity contribution is 7.87. The van der Waals surface area contributed by atoms with Gasteiger partial charge in [0.15, 0.2) is 5.25 Å². The summed E-state index contributed by atoms with van der Waals surface area (Å²) in [6.45, 7) is 0. The van der Waals surface area contributed by atoms with Crippen molar-refractivity contribution in [2.45, 2.75) is 11.7 Å². The molecule has 0 spiro atoms. The monoisotopic (exact) mass is 197 g/mol. The Kier molecular flexibility index (Phi) is 3.16. The summed E-state index contributed by atoms with van der Waals surface area (Å²) in [5.41, 5.74) is 0. The number of carbonyl (C=O) groups is 2. The molecule has 0 fully saturated rings. The number of rotatable bonds is 4. The maximum atomic E-state index is 10.1. The Bertz CT molecular complexity index is 289. The summed E-state index contributed by atoms with van der Waals surface area (Å²) in [4.78, 5) is 19.9. The van der Waals surface area contributed by atoms with Gasteiger partial charge >= 0.3 is 11.9 Å². The molecule has 0 saturated heterocycles. The van der Waals surface area contributed by atoms with Gasteiger partial charge < -0.3 is 14.8 Å². The Labute approximate surface area is 67.4 Å². The second kappa shape index (κ2) is 3.50. The zero-order valence-electron chi connectivity index (χ0n) is 5.63. The molecule has 0 saturated carbocycles. The molecular formula is C4H5O7S-. The van der Waals surface area contributed by atoms with E-state index in [9.17, 15) is 22.6 Å². The van der Waals surface area contributed by atoms with Crippen LogP contribution in [0.15, 0.2) is 0 Å². The van der Waals surface area contributed by atoms with E-state index in [4.69, 9.17) is 10.2 Å². The van der Waals surface area contributed by atoms with Crippen molar-refractivity contribution in [3.63, 3.8) is 0 Å². The molecule has 0 aliphatic heterocycles. The molecule has 0 aliphatic carbocycles. The van der Waals surface area contributed by atoms with Crippen LogP contribution in [0.4, 0.5) is 0 Å². The number of hydrogen-bond acceptors (Lipinski definition) is 5. The van der Waals surface area contributed by atoms with Crippen LogP contribution in [0.5, 0.6) is 0 Å². The first-order valence-electron chi connectivity index (χ1n) is 2.64. The van der Waals surface area contributed by atoms with Gasteiger partial charge in [-0.3, -0.25) is 9.59 Å². The Hall–Kier alpha value is -1.15. The van der Waals surface area contributed by atoms with Crippen molar-refractivity contribution < 1.29 is 32.8 Å². The maximum absolute atomic E-state index is 10.1. The standard InChI is InChI=1S/C4H6O7S/c5-3(6)1-2(4(7)8)12(9,10)11/h2H,1H2,(H,5,6)(H,7,8)(H,9,10,11)/p-1. The summed E-state index contributed by atoms with van der Waals surface area (Å²) < 4.78 is 30.3. The van der Waals surface area contributed by atoms with Gasteiger partial charge in [0, 0.05) is 0 Å².